The maximum absolute atomic E-state index is 12.9. The van der Waals surface area contributed by atoms with Gasteiger partial charge in [0.1, 0.15) is 13.2 Å². The zero-order valence-electron chi connectivity index (χ0n) is 50.8. The fourth-order valence-corrected chi connectivity index (χ4v) is 8.29. The van der Waals surface area contributed by atoms with Crippen LogP contribution < -0.4 is 0 Å². The molecule has 0 radical (unpaired) electrons. The Balaban J connectivity index is 4.33. The van der Waals surface area contributed by atoms with Crippen molar-refractivity contribution in [1.29, 1.82) is 0 Å². The van der Waals surface area contributed by atoms with Gasteiger partial charge < -0.3 is 14.2 Å². The summed E-state index contributed by atoms with van der Waals surface area (Å²) < 4.78 is 16.8. The highest BCUT2D eigenvalue weighted by Gasteiger charge is 2.19. The molecule has 0 aromatic rings. The van der Waals surface area contributed by atoms with Gasteiger partial charge in [0.15, 0.2) is 6.10 Å². The minimum atomic E-state index is -0.821. The Bertz CT molecular complexity index is 1780. The summed E-state index contributed by atoms with van der Waals surface area (Å²) in [5.41, 5.74) is 0. The normalized spacial score (nSPS) is 13.2. The van der Waals surface area contributed by atoms with Crippen LogP contribution in [0, 0.1) is 0 Å². The molecule has 0 saturated heterocycles. The van der Waals surface area contributed by atoms with Crippen molar-refractivity contribution in [2.45, 2.75) is 271 Å². The first-order valence-electron chi connectivity index (χ1n) is 32.0. The summed E-state index contributed by atoms with van der Waals surface area (Å²) >= 11 is 0. The van der Waals surface area contributed by atoms with Crippen molar-refractivity contribution < 1.29 is 28.6 Å². The molecule has 0 aliphatic heterocycles. The number of rotatable bonds is 56. The number of unbranched alkanes of at least 4 members (excludes halogenated alkanes) is 19. The molecule has 0 aromatic carbocycles. The van der Waals surface area contributed by atoms with E-state index >= 15 is 0 Å². The molecule has 0 bridgehead atoms. The van der Waals surface area contributed by atoms with Gasteiger partial charge in [0.25, 0.3) is 0 Å². The highest BCUT2D eigenvalue weighted by Crippen LogP contribution is 2.14. The standard InChI is InChI=1S/C73H116O6/c1-4-7-10-13-16-19-22-25-27-28-29-30-31-32-33-34-35-36-37-38-39-40-41-42-43-44-46-48-51-54-57-60-63-66-72(75)78-69-70(68-77-71(74)65-62-59-56-53-50-47-24-21-18-15-12-9-6-3)79-73(76)67-64-61-58-55-52-49-45-26-23-20-17-14-11-8-5-2/h7,9-10,12,16,18-19,21,25-27,29-30,32-33,35-36,38-39,41-42,45,47,50,56,59,70H,4-6,8,11,13-15,17,20,22-24,28,31,34,37,40,43-44,46,48-49,51-55,57-58,60-69H2,1-3H3/b10-7-,12-9-,19-16-,21-18-,27-25-,30-29-,33-32-,36-35-,39-38-,42-41-,45-26-,50-47-,59-56-. The molecular weight excluding hydrogens is 973 g/mol. The predicted octanol–water partition coefficient (Wildman–Crippen LogP) is 22.1. The molecule has 0 N–H and O–H groups in total. The third-order valence-electron chi connectivity index (χ3n) is 13.0. The molecule has 0 aliphatic rings. The van der Waals surface area contributed by atoms with Crippen LogP contribution in [-0.2, 0) is 28.6 Å². The molecule has 0 amide bonds. The highest BCUT2D eigenvalue weighted by molar-refractivity contribution is 5.71. The fourth-order valence-electron chi connectivity index (χ4n) is 8.29. The molecule has 6 heteroatoms. The van der Waals surface area contributed by atoms with E-state index in [4.69, 9.17) is 14.2 Å². The number of ether oxygens (including phenoxy) is 3. The van der Waals surface area contributed by atoms with Crippen LogP contribution in [-0.4, -0.2) is 37.2 Å². The first-order valence-corrected chi connectivity index (χ1v) is 32.0. The summed E-state index contributed by atoms with van der Waals surface area (Å²) in [4.78, 5) is 38.2. The topological polar surface area (TPSA) is 78.9 Å². The summed E-state index contributed by atoms with van der Waals surface area (Å²) in [6.45, 7) is 6.32. The van der Waals surface area contributed by atoms with Crippen molar-refractivity contribution >= 4 is 17.9 Å². The van der Waals surface area contributed by atoms with Gasteiger partial charge in [-0.25, -0.2) is 0 Å². The molecule has 0 heterocycles. The van der Waals surface area contributed by atoms with E-state index in [2.05, 4.69) is 167 Å². The first-order chi connectivity index (χ1) is 39.0. The minimum Gasteiger partial charge on any atom is -0.462 e. The Morgan fingerprint density at radius 3 is 0.861 bits per heavy atom. The molecule has 1 unspecified atom stereocenters. The van der Waals surface area contributed by atoms with Crippen molar-refractivity contribution in [3.05, 3.63) is 158 Å². The third kappa shape index (κ3) is 63.7. The molecule has 0 spiro atoms. The molecule has 0 aromatic heterocycles. The van der Waals surface area contributed by atoms with E-state index in [0.717, 1.165) is 135 Å². The maximum Gasteiger partial charge on any atom is 0.306 e. The Labute approximate surface area is 486 Å². The summed E-state index contributed by atoms with van der Waals surface area (Å²) in [6.07, 6.45) is 95.5. The van der Waals surface area contributed by atoms with Gasteiger partial charge in [0.05, 0.1) is 0 Å². The van der Waals surface area contributed by atoms with Gasteiger partial charge in [-0.2, -0.15) is 0 Å². The van der Waals surface area contributed by atoms with E-state index in [1.54, 1.807) is 0 Å². The van der Waals surface area contributed by atoms with Crippen LogP contribution in [0.5, 0.6) is 0 Å². The molecule has 0 fully saturated rings. The smallest absolute Gasteiger partial charge is 0.306 e. The van der Waals surface area contributed by atoms with Crippen LogP contribution in [0.15, 0.2) is 158 Å². The van der Waals surface area contributed by atoms with Crippen LogP contribution in [0.2, 0.25) is 0 Å². The number of hydrogen-bond acceptors (Lipinski definition) is 6. The van der Waals surface area contributed by atoms with Crippen molar-refractivity contribution in [3.8, 4) is 0 Å². The number of carbonyl (C=O) groups is 3. The van der Waals surface area contributed by atoms with E-state index in [1.807, 2.05) is 12.2 Å². The Kier molecular flexibility index (Phi) is 61.4. The average Bonchev–Trinajstić information content (AvgIpc) is 3.45. The SMILES string of the molecule is CC/C=C\C/C=C\C/C=C\C/C=C\C/C=C\C/C=C\C/C=C\C/C=C\CCCCCCCCCCC(=O)OCC(COC(=O)CC/C=C\C/C=C\C/C=C\C/C=C\CC)OC(=O)CCCCCCC/C=C\CCCCCCCC. The zero-order chi connectivity index (χ0) is 57.1. The van der Waals surface area contributed by atoms with Gasteiger partial charge in [0.2, 0.25) is 0 Å². The summed E-state index contributed by atoms with van der Waals surface area (Å²) in [5, 5.41) is 0. The van der Waals surface area contributed by atoms with E-state index in [-0.39, 0.29) is 37.5 Å². The second-order valence-corrected chi connectivity index (χ2v) is 20.5. The lowest BCUT2D eigenvalue weighted by Crippen LogP contribution is -2.30. The fraction of sp³-hybridized carbons (Fsp3) is 0.603. The molecule has 444 valence electrons. The molecule has 6 nitrogen and oxygen atoms in total. The summed E-state index contributed by atoms with van der Waals surface area (Å²) in [7, 11) is 0. The van der Waals surface area contributed by atoms with Crippen LogP contribution in [0.1, 0.15) is 265 Å². The quantitative estimate of drug-likeness (QED) is 0.0261. The Hall–Kier alpha value is -4.97. The van der Waals surface area contributed by atoms with Crippen molar-refractivity contribution in [2.75, 3.05) is 13.2 Å². The largest absolute Gasteiger partial charge is 0.462 e. The van der Waals surface area contributed by atoms with E-state index < -0.39 is 6.10 Å². The second kappa shape index (κ2) is 65.5. The molecule has 1 atom stereocenters. The van der Waals surface area contributed by atoms with Crippen molar-refractivity contribution in [2.24, 2.45) is 0 Å². The lowest BCUT2D eigenvalue weighted by atomic mass is 10.1. The number of allylic oxidation sites excluding steroid dienone is 26. The minimum absolute atomic E-state index is 0.113. The molecule has 0 rings (SSSR count). The zero-order valence-corrected chi connectivity index (χ0v) is 50.8. The number of hydrogen-bond donors (Lipinski definition) is 0. The maximum atomic E-state index is 12.9. The van der Waals surface area contributed by atoms with E-state index in [0.29, 0.717) is 19.3 Å². The summed E-state index contributed by atoms with van der Waals surface area (Å²) in [5.74, 6) is -1.02. The van der Waals surface area contributed by atoms with Gasteiger partial charge in [-0.15, -0.1) is 0 Å². The first kappa shape index (κ1) is 74.0. The number of esters is 3. The lowest BCUT2D eigenvalue weighted by Gasteiger charge is -2.18. The predicted molar refractivity (Wildman–Crippen MR) is 343 cm³/mol. The summed E-state index contributed by atoms with van der Waals surface area (Å²) in [6, 6.07) is 0. The van der Waals surface area contributed by atoms with Crippen LogP contribution in [0.4, 0.5) is 0 Å². The van der Waals surface area contributed by atoms with Crippen LogP contribution in [0.3, 0.4) is 0 Å². The van der Waals surface area contributed by atoms with E-state index in [9.17, 15) is 14.4 Å². The van der Waals surface area contributed by atoms with Crippen LogP contribution in [0.25, 0.3) is 0 Å². The monoisotopic (exact) mass is 1090 g/mol. The third-order valence-corrected chi connectivity index (χ3v) is 13.0. The highest BCUT2D eigenvalue weighted by atomic mass is 16.6. The van der Waals surface area contributed by atoms with Gasteiger partial charge in [-0.05, 0) is 135 Å². The Morgan fingerprint density at radius 2 is 0.519 bits per heavy atom. The Morgan fingerprint density at radius 1 is 0.266 bits per heavy atom. The van der Waals surface area contributed by atoms with Gasteiger partial charge >= 0.3 is 17.9 Å². The van der Waals surface area contributed by atoms with E-state index in [1.165, 1.54) is 83.5 Å². The molecule has 0 saturated carbocycles. The second-order valence-electron chi connectivity index (χ2n) is 20.5. The molecule has 0 aliphatic carbocycles. The lowest BCUT2D eigenvalue weighted by molar-refractivity contribution is -0.166. The number of carbonyl (C=O) groups excluding carboxylic acids is 3. The van der Waals surface area contributed by atoms with Crippen molar-refractivity contribution in [1.82, 2.24) is 0 Å². The average molecular weight is 1090 g/mol. The van der Waals surface area contributed by atoms with Gasteiger partial charge in [-0.1, -0.05) is 269 Å². The van der Waals surface area contributed by atoms with Crippen LogP contribution >= 0.6 is 0 Å². The molecular formula is C73H116O6. The van der Waals surface area contributed by atoms with Gasteiger partial charge in [-0.3, -0.25) is 14.4 Å². The van der Waals surface area contributed by atoms with Crippen molar-refractivity contribution in [3.63, 3.8) is 0 Å². The molecule has 79 heavy (non-hydrogen) atoms. The van der Waals surface area contributed by atoms with Gasteiger partial charge in [0, 0.05) is 19.3 Å².